The van der Waals surface area contributed by atoms with Gasteiger partial charge in [-0.15, -0.1) is 0 Å². The summed E-state index contributed by atoms with van der Waals surface area (Å²) in [5, 5.41) is 0. The quantitative estimate of drug-likeness (QED) is 0.847. The zero-order chi connectivity index (χ0) is 11.5. The number of likely N-dealkylation sites (N-methyl/N-ethyl adjacent to an activating group) is 1. The van der Waals surface area contributed by atoms with Crippen LogP contribution in [0.3, 0.4) is 0 Å². The second-order valence-electron chi connectivity index (χ2n) is 4.35. The van der Waals surface area contributed by atoms with E-state index in [0.29, 0.717) is 6.04 Å². The van der Waals surface area contributed by atoms with Crippen molar-refractivity contribution in [2.75, 3.05) is 18.0 Å². The van der Waals surface area contributed by atoms with Gasteiger partial charge in [0.15, 0.2) is 0 Å². The topological polar surface area (TPSA) is 29.3 Å². The van der Waals surface area contributed by atoms with E-state index in [1.54, 1.807) is 12.1 Å². The highest BCUT2D eigenvalue weighted by Crippen LogP contribution is 2.33. The molecule has 1 aromatic carbocycles. The molecule has 16 heavy (non-hydrogen) atoms. The lowest BCUT2D eigenvalue weighted by Gasteiger charge is -2.26. The summed E-state index contributed by atoms with van der Waals surface area (Å²) in [4.78, 5) is 2.37. The Kier molecular flexibility index (Phi) is 3.44. The van der Waals surface area contributed by atoms with Gasteiger partial charge in [0.2, 0.25) is 0 Å². The van der Waals surface area contributed by atoms with Crippen molar-refractivity contribution in [3.8, 4) is 0 Å². The van der Waals surface area contributed by atoms with Gasteiger partial charge in [-0.25, -0.2) is 4.39 Å². The summed E-state index contributed by atoms with van der Waals surface area (Å²) in [5.74, 6) is -0.130. The molecule has 1 aromatic rings. The zero-order valence-electron chi connectivity index (χ0n) is 9.75. The SMILES string of the molecule is CCN1c2ccc(F)cc2CC1CCCN. The molecule has 0 radical (unpaired) electrons. The van der Waals surface area contributed by atoms with Crippen LogP contribution in [0.2, 0.25) is 0 Å². The second kappa shape index (κ2) is 4.83. The Morgan fingerprint density at radius 1 is 1.50 bits per heavy atom. The number of fused-ring (bicyclic) bond motifs is 1. The molecule has 1 aliphatic rings. The Balaban J connectivity index is 2.18. The fraction of sp³-hybridized carbons (Fsp3) is 0.538. The van der Waals surface area contributed by atoms with Gasteiger partial charge < -0.3 is 10.6 Å². The summed E-state index contributed by atoms with van der Waals surface area (Å²) in [5.41, 5.74) is 7.89. The van der Waals surface area contributed by atoms with E-state index >= 15 is 0 Å². The van der Waals surface area contributed by atoms with Gasteiger partial charge >= 0.3 is 0 Å². The van der Waals surface area contributed by atoms with Gasteiger partial charge in [-0.1, -0.05) is 0 Å². The van der Waals surface area contributed by atoms with E-state index in [1.807, 2.05) is 6.07 Å². The fourth-order valence-corrected chi connectivity index (χ4v) is 2.60. The summed E-state index contributed by atoms with van der Waals surface area (Å²) in [6.45, 7) is 3.86. The Morgan fingerprint density at radius 3 is 3.00 bits per heavy atom. The predicted molar refractivity (Wildman–Crippen MR) is 65.2 cm³/mol. The lowest BCUT2D eigenvalue weighted by Crippen LogP contribution is -2.32. The molecule has 1 heterocycles. The maximum Gasteiger partial charge on any atom is 0.123 e. The first-order valence-corrected chi connectivity index (χ1v) is 6.01. The monoisotopic (exact) mass is 222 g/mol. The molecule has 3 heteroatoms. The van der Waals surface area contributed by atoms with Gasteiger partial charge in [-0.05, 0) is 56.5 Å². The number of nitrogens with zero attached hydrogens (tertiary/aromatic N) is 1. The largest absolute Gasteiger partial charge is 0.368 e. The summed E-state index contributed by atoms with van der Waals surface area (Å²) < 4.78 is 13.1. The molecule has 0 saturated carbocycles. The maximum absolute atomic E-state index is 13.1. The van der Waals surface area contributed by atoms with Gasteiger partial charge in [0, 0.05) is 18.3 Å². The van der Waals surface area contributed by atoms with E-state index in [9.17, 15) is 4.39 Å². The van der Waals surface area contributed by atoms with Crippen LogP contribution < -0.4 is 10.6 Å². The van der Waals surface area contributed by atoms with E-state index in [-0.39, 0.29) is 5.82 Å². The first kappa shape index (κ1) is 11.4. The van der Waals surface area contributed by atoms with Crippen molar-refractivity contribution < 1.29 is 4.39 Å². The minimum atomic E-state index is -0.130. The molecule has 0 saturated heterocycles. The first-order chi connectivity index (χ1) is 7.76. The third kappa shape index (κ3) is 2.05. The van der Waals surface area contributed by atoms with Crippen molar-refractivity contribution in [2.45, 2.75) is 32.2 Å². The zero-order valence-corrected chi connectivity index (χ0v) is 9.75. The normalized spacial score (nSPS) is 18.9. The van der Waals surface area contributed by atoms with Gasteiger partial charge in [-0.2, -0.15) is 0 Å². The predicted octanol–water partition coefficient (Wildman–Crippen LogP) is 2.32. The lowest BCUT2D eigenvalue weighted by atomic mass is 10.1. The van der Waals surface area contributed by atoms with E-state index in [1.165, 1.54) is 5.69 Å². The molecule has 0 bridgehead atoms. The highest BCUT2D eigenvalue weighted by Gasteiger charge is 2.27. The Bertz CT molecular complexity index is 365. The minimum absolute atomic E-state index is 0.130. The fourth-order valence-electron chi connectivity index (χ4n) is 2.60. The van der Waals surface area contributed by atoms with Crippen LogP contribution in [0, 0.1) is 5.82 Å². The summed E-state index contributed by atoms with van der Waals surface area (Å²) in [7, 11) is 0. The van der Waals surface area contributed by atoms with Gasteiger partial charge in [0.05, 0.1) is 0 Å². The van der Waals surface area contributed by atoms with E-state index in [2.05, 4.69) is 11.8 Å². The van der Waals surface area contributed by atoms with Crippen LogP contribution in [0.15, 0.2) is 18.2 Å². The van der Waals surface area contributed by atoms with Gasteiger partial charge in [0.25, 0.3) is 0 Å². The van der Waals surface area contributed by atoms with Crippen molar-refractivity contribution in [1.29, 1.82) is 0 Å². The number of hydrogen-bond acceptors (Lipinski definition) is 2. The maximum atomic E-state index is 13.1. The Morgan fingerprint density at radius 2 is 2.31 bits per heavy atom. The number of halogens is 1. The molecule has 0 amide bonds. The van der Waals surface area contributed by atoms with Crippen LogP contribution in [-0.4, -0.2) is 19.1 Å². The Hall–Kier alpha value is -1.09. The van der Waals surface area contributed by atoms with Crippen molar-refractivity contribution in [3.05, 3.63) is 29.6 Å². The van der Waals surface area contributed by atoms with Crippen LogP contribution in [0.5, 0.6) is 0 Å². The number of hydrogen-bond donors (Lipinski definition) is 1. The Labute approximate surface area is 96.2 Å². The van der Waals surface area contributed by atoms with Crippen LogP contribution in [0.4, 0.5) is 10.1 Å². The van der Waals surface area contributed by atoms with Crippen molar-refractivity contribution in [2.24, 2.45) is 5.73 Å². The molecule has 1 atom stereocenters. The minimum Gasteiger partial charge on any atom is -0.368 e. The smallest absolute Gasteiger partial charge is 0.123 e. The summed E-state index contributed by atoms with van der Waals surface area (Å²) >= 11 is 0. The molecule has 0 spiro atoms. The average Bonchev–Trinajstić information content (AvgIpc) is 2.62. The summed E-state index contributed by atoms with van der Waals surface area (Å²) in [6, 6.07) is 5.62. The van der Waals surface area contributed by atoms with E-state index in [0.717, 1.165) is 37.9 Å². The molecule has 1 unspecified atom stereocenters. The van der Waals surface area contributed by atoms with Crippen LogP contribution >= 0.6 is 0 Å². The second-order valence-corrected chi connectivity index (χ2v) is 4.35. The van der Waals surface area contributed by atoms with Crippen molar-refractivity contribution in [3.63, 3.8) is 0 Å². The number of rotatable bonds is 4. The van der Waals surface area contributed by atoms with Crippen molar-refractivity contribution >= 4 is 5.69 Å². The standard InChI is InChI=1S/C13H19FN2/c1-2-16-12(4-3-7-15)9-10-8-11(14)5-6-13(10)16/h5-6,8,12H,2-4,7,9,15H2,1H3. The number of anilines is 1. The molecule has 2 rings (SSSR count). The number of nitrogens with two attached hydrogens (primary N) is 1. The molecule has 1 aliphatic heterocycles. The average molecular weight is 222 g/mol. The highest BCUT2D eigenvalue weighted by atomic mass is 19.1. The molecule has 2 nitrogen and oxygen atoms in total. The molecule has 88 valence electrons. The molecule has 2 N–H and O–H groups in total. The first-order valence-electron chi connectivity index (χ1n) is 6.01. The summed E-state index contributed by atoms with van der Waals surface area (Å²) in [6.07, 6.45) is 3.10. The highest BCUT2D eigenvalue weighted by molar-refractivity contribution is 5.59. The van der Waals surface area contributed by atoms with Crippen LogP contribution in [0.1, 0.15) is 25.3 Å². The lowest BCUT2D eigenvalue weighted by molar-refractivity contribution is 0.564. The van der Waals surface area contributed by atoms with Gasteiger partial charge in [0.1, 0.15) is 5.82 Å². The molecule has 0 aliphatic carbocycles. The van der Waals surface area contributed by atoms with Gasteiger partial charge in [-0.3, -0.25) is 0 Å². The third-order valence-corrected chi connectivity index (χ3v) is 3.33. The molecule has 0 fully saturated rings. The molecule has 0 aromatic heterocycles. The third-order valence-electron chi connectivity index (χ3n) is 3.33. The van der Waals surface area contributed by atoms with E-state index < -0.39 is 0 Å². The van der Waals surface area contributed by atoms with Crippen LogP contribution in [-0.2, 0) is 6.42 Å². The molecular formula is C13H19FN2. The van der Waals surface area contributed by atoms with Crippen LogP contribution in [0.25, 0.3) is 0 Å². The number of benzene rings is 1. The van der Waals surface area contributed by atoms with E-state index in [4.69, 9.17) is 5.73 Å². The molecular weight excluding hydrogens is 203 g/mol. The van der Waals surface area contributed by atoms with Crippen molar-refractivity contribution in [1.82, 2.24) is 0 Å².